The van der Waals surface area contributed by atoms with Gasteiger partial charge in [-0.25, -0.2) is 8.42 Å². The third-order valence-electron chi connectivity index (χ3n) is 6.85. The Labute approximate surface area is 257 Å². The second-order valence-corrected chi connectivity index (χ2v) is 12.8. The molecule has 0 saturated heterocycles. The Bertz CT molecular complexity index is 1470. The van der Waals surface area contributed by atoms with E-state index in [9.17, 15) is 18.0 Å². The summed E-state index contributed by atoms with van der Waals surface area (Å²) in [6.07, 6.45) is 1.97. The maximum Gasteiger partial charge on any atom is 0.244 e. The molecule has 0 aliphatic carbocycles. The SMILES string of the molecule is CC[C@H](C)NC(=O)[C@@H](Cc1ccccc1)N(Cc1cccc(Br)c1)C(=O)CN(c1cc(OC)ccc1OC)S(C)(=O)=O. The zero-order valence-corrected chi connectivity index (χ0v) is 26.9. The summed E-state index contributed by atoms with van der Waals surface area (Å²) in [5.41, 5.74) is 1.79. The van der Waals surface area contributed by atoms with E-state index < -0.39 is 28.5 Å². The van der Waals surface area contributed by atoms with Crippen molar-refractivity contribution in [3.63, 3.8) is 0 Å². The molecule has 11 heteroatoms. The lowest BCUT2D eigenvalue weighted by atomic mass is 10.0. The van der Waals surface area contributed by atoms with E-state index in [1.807, 2.05) is 68.4 Å². The first-order chi connectivity index (χ1) is 20.0. The average molecular weight is 661 g/mol. The van der Waals surface area contributed by atoms with E-state index in [4.69, 9.17) is 9.47 Å². The van der Waals surface area contributed by atoms with Crippen molar-refractivity contribution >= 4 is 43.5 Å². The van der Waals surface area contributed by atoms with Gasteiger partial charge in [0.05, 0.1) is 26.2 Å². The Kier molecular flexibility index (Phi) is 11.8. The summed E-state index contributed by atoms with van der Waals surface area (Å²) in [7, 11) is -1.09. The topological polar surface area (TPSA) is 105 Å². The minimum atomic E-state index is -3.97. The fourth-order valence-electron chi connectivity index (χ4n) is 4.41. The van der Waals surface area contributed by atoms with E-state index in [1.54, 1.807) is 12.1 Å². The highest BCUT2D eigenvalue weighted by molar-refractivity contribution is 9.10. The highest BCUT2D eigenvalue weighted by Gasteiger charge is 2.34. The molecule has 226 valence electrons. The number of nitrogens with zero attached hydrogens (tertiary/aromatic N) is 2. The number of rotatable bonds is 14. The molecular formula is C31H38BrN3O6S. The summed E-state index contributed by atoms with van der Waals surface area (Å²) >= 11 is 3.48. The van der Waals surface area contributed by atoms with Crippen LogP contribution in [0.5, 0.6) is 11.5 Å². The lowest BCUT2D eigenvalue weighted by Gasteiger charge is -2.34. The molecule has 0 unspecified atom stereocenters. The van der Waals surface area contributed by atoms with Crippen LogP contribution >= 0.6 is 15.9 Å². The quantitative estimate of drug-likeness (QED) is 0.267. The van der Waals surface area contributed by atoms with Gasteiger partial charge in [0.1, 0.15) is 24.1 Å². The highest BCUT2D eigenvalue weighted by Crippen LogP contribution is 2.34. The number of ether oxygens (including phenoxy) is 2. The van der Waals surface area contributed by atoms with E-state index in [2.05, 4.69) is 21.2 Å². The predicted octanol–water partition coefficient (Wildman–Crippen LogP) is 4.79. The molecular weight excluding hydrogens is 622 g/mol. The van der Waals surface area contributed by atoms with Crippen LogP contribution in [0.2, 0.25) is 0 Å². The molecule has 0 bridgehead atoms. The molecule has 42 heavy (non-hydrogen) atoms. The first-order valence-electron chi connectivity index (χ1n) is 13.5. The molecule has 0 spiro atoms. The van der Waals surface area contributed by atoms with Crippen LogP contribution in [0.15, 0.2) is 77.3 Å². The largest absolute Gasteiger partial charge is 0.497 e. The van der Waals surface area contributed by atoms with Crippen molar-refractivity contribution in [3.8, 4) is 11.5 Å². The molecule has 0 heterocycles. The fraction of sp³-hybridized carbons (Fsp3) is 0.355. The second-order valence-electron chi connectivity index (χ2n) is 9.98. The zero-order chi connectivity index (χ0) is 30.9. The summed E-state index contributed by atoms with van der Waals surface area (Å²) < 4.78 is 38.8. The number of benzene rings is 3. The molecule has 0 aromatic heterocycles. The van der Waals surface area contributed by atoms with E-state index >= 15 is 0 Å². The van der Waals surface area contributed by atoms with Gasteiger partial charge in [0.2, 0.25) is 21.8 Å². The Balaban J connectivity index is 2.11. The van der Waals surface area contributed by atoms with Crippen molar-refractivity contribution in [2.24, 2.45) is 0 Å². The standard InChI is InChI=1S/C31H38BrN3O6S/c1-6-22(2)33-31(37)28(18-23-11-8-7-9-12-23)34(20-24-13-10-14-25(32)17-24)30(36)21-35(42(5,38)39)27-19-26(40-3)15-16-29(27)41-4/h7-17,19,22,28H,6,18,20-21H2,1-5H3,(H,33,37)/t22-,28+/m0/s1. The van der Waals surface area contributed by atoms with Gasteiger partial charge in [-0.3, -0.25) is 13.9 Å². The fourth-order valence-corrected chi connectivity index (χ4v) is 5.71. The minimum Gasteiger partial charge on any atom is -0.497 e. The van der Waals surface area contributed by atoms with Crippen molar-refractivity contribution in [1.82, 2.24) is 10.2 Å². The summed E-state index contributed by atoms with van der Waals surface area (Å²) in [5, 5.41) is 3.02. The highest BCUT2D eigenvalue weighted by atomic mass is 79.9. The van der Waals surface area contributed by atoms with Crippen LogP contribution in [-0.2, 0) is 32.6 Å². The lowest BCUT2D eigenvalue weighted by Crippen LogP contribution is -2.54. The molecule has 0 saturated carbocycles. The van der Waals surface area contributed by atoms with Crippen molar-refractivity contribution in [1.29, 1.82) is 0 Å². The minimum absolute atomic E-state index is 0.0799. The molecule has 0 radical (unpaired) electrons. The van der Waals surface area contributed by atoms with Crippen LogP contribution < -0.4 is 19.1 Å². The van der Waals surface area contributed by atoms with Gasteiger partial charge in [0.25, 0.3) is 0 Å². The summed E-state index contributed by atoms with van der Waals surface area (Å²) in [5.74, 6) is -0.220. The van der Waals surface area contributed by atoms with Gasteiger partial charge in [0.15, 0.2) is 0 Å². The maximum atomic E-state index is 14.3. The number of hydrogen-bond donors (Lipinski definition) is 1. The number of halogens is 1. The lowest BCUT2D eigenvalue weighted by molar-refractivity contribution is -0.140. The molecule has 9 nitrogen and oxygen atoms in total. The Morgan fingerprint density at radius 1 is 0.952 bits per heavy atom. The molecule has 2 atom stereocenters. The van der Waals surface area contributed by atoms with Crippen LogP contribution in [0.4, 0.5) is 5.69 Å². The van der Waals surface area contributed by atoms with Crippen LogP contribution in [0.25, 0.3) is 0 Å². The normalized spacial score (nSPS) is 12.6. The number of carbonyl (C=O) groups excluding carboxylic acids is 2. The molecule has 0 aliphatic rings. The first-order valence-corrected chi connectivity index (χ1v) is 16.2. The summed E-state index contributed by atoms with van der Waals surface area (Å²) in [6.45, 7) is 3.39. The van der Waals surface area contributed by atoms with Gasteiger partial charge >= 0.3 is 0 Å². The van der Waals surface area contributed by atoms with Crippen molar-refractivity contribution < 1.29 is 27.5 Å². The molecule has 3 rings (SSSR count). The van der Waals surface area contributed by atoms with Crippen molar-refractivity contribution in [2.45, 2.75) is 45.3 Å². The molecule has 2 amide bonds. The van der Waals surface area contributed by atoms with E-state index in [0.717, 1.165) is 26.2 Å². The molecule has 0 aliphatic heterocycles. The van der Waals surface area contributed by atoms with Gasteiger partial charge in [-0.1, -0.05) is 65.3 Å². The van der Waals surface area contributed by atoms with Gasteiger partial charge in [-0.2, -0.15) is 0 Å². The van der Waals surface area contributed by atoms with E-state index in [1.165, 1.54) is 25.2 Å². The molecule has 1 N–H and O–H groups in total. The van der Waals surface area contributed by atoms with E-state index in [0.29, 0.717) is 12.2 Å². The number of sulfonamides is 1. The Morgan fingerprint density at radius 2 is 1.64 bits per heavy atom. The second kappa shape index (κ2) is 15.1. The number of anilines is 1. The average Bonchev–Trinajstić information content (AvgIpc) is 2.97. The third-order valence-corrected chi connectivity index (χ3v) is 8.47. The third kappa shape index (κ3) is 8.96. The number of methoxy groups -OCH3 is 2. The van der Waals surface area contributed by atoms with Gasteiger partial charge in [-0.15, -0.1) is 0 Å². The molecule has 3 aromatic rings. The van der Waals surface area contributed by atoms with Crippen LogP contribution in [-0.4, -0.2) is 64.2 Å². The van der Waals surface area contributed by atoms with Crippen LogP contribution in [0.1, 0.15) is 31.4 Å². The smallest absolute Gasteiger partial charge is 0.244 e. The number of carbonyl (C=O) groups is 2. The van der Waals surface area contributed by atoms with Crippen LogP contribution in [0.3, 0.4) is 0 Å². The van der Waals surface area contributed by atoms with E-state index in [-0.39, 0.29) is 36.4 Å². The monoisotopic (exact) mass is 659 g/mol. The van der Waals surface area contributed by atoms with Crippen LogP contribution in [0, 0.1) is 0 Å². The number of hydrogen-bond acceptors (Lipinski definition) is 6. The number of nitrogens with one attached hydrogen (secondary N) is 1. The maximum absolute atomic E-state index is 14.3. The predicted molar refractivity (Wildman–Crippen MR) is 168 cm³/mol. The van der Waals surface area contributed by atoms with Crippen molar-refractivity contribution in [2.75, 3.05) is 31.3 Å². The first kappa shape index (κ1) is 32.9. The Hall–Kier alpha value is -3.57. The molecule has 3 aromatic carbocycles. The van der Waals surface area contributed by atoms with Gasteiger partial charge in [0, 0.05) is 29.5 Å². The zero-order valence-electron chi connectivity index (χ0n) is 24.5. The Morgan fingerprint density at radius 3 is 2.24 bits per heavy atom. The summed E-state index contributed by atoms with van der Waals surface area (Å²) in [6, 6.07) is 20.6. The van der Waals surface area contributed by atoms with Crippen molar-refractivity contribution in [3.05, 3.63) is 88.4 Å². The number of amides is 2. The van der Waals surface area contributed by atoms with Gasteiger partial charge in [-0.05, 0) is 48.7 Å². The summed E-state index contributed by atoms with van der Waals surface area (Å²) in [4.78, 5) is 29.5. The van der Waals surface area contributed by atoms with Gasteiger partial charge < -0.3 is 19.7 Å². The molecule has 0 fully saturated rings.